The molecule has 2 aromatic carbocycles. The van der Waals surface area contributed by atoms with E-state index in [1.165, 1.54) is 16.8 Å². The van der Waals surface area contributed by atoms with Crippen LogP contribution in [0, 0.1) is 18.7 Å². The van der Waals surface area contributed by atoms with E-state index in [1.807, 2.05) is 0 Å². The molecule has 1 heterocycles. The first kappa shape index (κ1) is 21.5. The number of tetrazole rings is 1. The van der Waals surface area contributed by atoms with Crippen LogP contribution in [0.4, 0.5) is 10.1 Å². The van der Waals surface area contributed by atoms with E-state index in [2.05, 4.69) is 25.6 Å². The quantitative estimate of drug-likeness (QED) is 0.590. The molecule has 1 amide bonds. The first-order valence-electron chi connectivity index (χ1n) is 9.12. The predicted molar refractivity (Wildman–Crippen MR) is 108 cm³/mol. The molecule has 0 bridgehead atoms. The van der Waals surface area contributed by atoms with E-state index in [0.29, 0.717) is 17.2 Å². The van der Waals surface area contributed by atoms with Gasteiger partial charge in [-0.3, -0.25) is 4.79 Å². The summed E-state index contributed by atoms with van der Waals surface area (Å²) < 4.78 is 43.0. The lowest BCUT2D eigenvalue weighted by Crippen LogP contribution is -2.47. The number of anilines is 1. The third kappa shape index (κ3) is 4.69. The van der Waals surface area contributed by atoms with Gasteiger partial charge in [0.25, 0.3) is 0 Å². The molecule has 1 aromatic heterocycles. The number of carbonyl (C=O) groups is 1. The number of sulfonamides is 1. The average molecular weight is 432 g/mol. The van der Waals surface area contributed by atoms with Crippen molar-refractivity contribution < 1.29 is 17.6 Å². The van der Waals surface area contributed by atoms with Crippen molar-refractivity contribution in [1.82, 2.24) is 24.9 Å². The second-order valence-electron chi connectivity index (χ2n) is 6.95. The van der Waals surface area contributed by atoms with Gasteiger partial charge in [-0.1, -0.05) is 32.0 Å². The zero-order valence-corrected chi connectivity index (χ0v) is 17.4. The van der Waals surface area contributed by atoms with Crippen molar-refractivity contribution in [3.63, 3.8) is 0 Å². The molecule has 3 rings (SSSR count). The maximum Gasteiger partial charge on any atom is 0.244 e. The number of rotatable bonds is 7. The second kappa shape index (κ2) is 8.67. The minimum Gasteiger partial charge on any atom is -0.325 e. The maximum absolute atomic E-state index is 14.0. The van der Waals surface area contributed by atoms with Gasteiger partial charge in [0.1, 0.15) is 16.8 Å². The number of carbonyl (C=O) groups excluding carboxylic acids is 1. The number of nitrogens with zero attached hydrogens (tertiary/aromatic N) is 4. The molecule has 30 heavy (non-hydrogen) atoms. The van der Waals surface area contributed by atoms with Crippen molar-refractivity contribution in [2.45, 2.75) is 31.7 Å². The van der Waals surface area contributed by atoms with Crippen LogP contribution in [0.5, 0.6) is 0 Å². The van der Waals surface area contributed by atoms with Gasteiger partial charge in [0.2, 0.25) is 15.9 Å². The molecular formula is C19H21FN6O3S. The van der Waals surface area contributed by atoms with Crippen LogP contribution in [0.25, 0.3) is 5.69 Å². The highest BCUT2D eigenvalue weighted by Gasteiger charge is 2.30. The van der Waals surface area contributed by atoms with Gasteiger partial charge in [0.15, 0.2) is 5.82 Å². The molecule has 0 saturated heterocycles. The van der Waals surface area contributed by atoms with E-state index in [1.54, 1.807) is 45.0 Å². The van der Waals surface area contributed by atoms with Crippen molar-refractivity contribution in [2.75, 3.05) is 5.32 Å². The Bertz CT molecular complexity index is 1160. The smallest absolute Gasteiger partial charge is 0.244 e. The standard InChI is InChI=1S/C19H21FN6O3S/c1-12(2)18(23-30(28,29)17-10-5-4-9-16(17)20)19(27)21-14-7-6-8-15(11-14)26-13(3)22-24-25-26/h4-12,18,23H,1-3H3,(H,21,27)/t18-/m0/s1. The lowest BCUT2D eigenvalue weighted by Gasteiger charge is -2.22. The zero-order chi connectivity index (χ0) is 21.9. The monoisotopic (exact) mass is 432 g/mol. The number of aryl methyl sites for hydroxylation is 1. The van der Waals surface area contributed by atoms with E-state index in [9.17, 15) is 17.6 Å². The van der Waals surface area contributed by atoms with E-state index in [4.69, 9.17) is 0 Å². The summed E-state index contributed by atoms with van der Waals surface area (Å²) >= 11 is 0. The van der Waals surface area contributed by atoms with Gasteiger partial charge in [0.05, 0.1) is 5.69 Å². The average Bonchev–Trinajstić information content (AvgIpc) is 3.12. The topological polar surface area (TPSA) is 119 Å². The van der Waals surface area contributed by atoms with Crippen LogP contribution in [0.3, 0.4) is 0 Å². The first-order valence-corrected chi connectivity index (χ1v) is 10.6. The summed E-state index contributed by atoms with van der Waals surface area (Å²) in [7, 11) is -4.24. The largest absolute Gasteiger partial charge is 0.325 e. The highest BCUT2D eigenvalue weighted by Crippen LogP contribution is 2.18. The molecule has 0 aliphatic carbocycles. The number of aromatic nitrogens is 4. The van der Waals surface area contributed by atoms with E-state index >= 15 is 0 Å². The summed E-state index contributed by atoms with van der Waals surface area (Å²) in [6, 6.07) is 10.7. The molecule has 11 heteroatoms. The Kier molecular flexibility index (Phi) is 6.22. The maximum atomic E-state index is 14.0. The van der Waals surface area contributed by atoms with Gasteiger partial charge in [0, 0.05) is 5.69 Å². The zero-order valence-electron chi connectivity index (χ0n) is 16.6. The Morgan fingerprint density at radius 3 is 2.50 bits per heavy atom. The number of amides is 1. The Morgan fingerprint density at radius 2 is 1.87 bits per heavy atom. The van der Waals surface area contributed by atoms with Crippen LogP contribution in [-0.2, 0) is 14.8 Å². The number of halogens is 1. The number of benzene rings is 2. The highest BCUT2D eigenvalue weighted by molar-refractivity contribution is 7.89. The molecule has 0 saturated carbocycles. The summed E-state index contributed by atoms with van der Waals surface area (Å²) in [6.45, 7) is 5.11. The summed E-state index contributed by atoms with van der Waals surface area (Å²) in [6.07, 6.45) is 0. The van der Waals surface area contributed by atoms with Crippen LogP contribution in [0.2, 0.25) is 0 Å². The van der Waals surface area contributed by atoms with Crippen molar-refractivity contribution in [3.8, 4) is 5.69 Å². The SMILES string of the molecule is Cc1nnnn1-c1cccc(NC(=O)[C@@H](NS(=O)(=O)c2ccccc2F)C(C)C)c1. The minimum absolute atomic E-state index is 0.392. The summed E-state index contributed by atoms with van der Waals surface area (Å²) in [4.78, 5) is 12.3. The Labute approximate surface area is 173 Å². The fourth-order valence-electron chi connectivity index (χ4n) is 2.79. The minimum atomic E-state index is -4.24. The van der Waals surface area contributed by atoms with Crippen LogP contribution >= 0.6 is 0 Å². The molecule has 0 radical (unpaired) electrons. The van der Waals surface area contributed by atoms with Crippen LogP contribution in [0.15, 0.2) is 53.4 Å². The summed E-state index contributed by atoms with van der Waals surface area (Å²) in [5, 5.41) is 14.0. The molecule has 9 nitrogen and oxygen atoms in total. The van der Waals surface area contributed by atoms with Gasteiger partial charge in [-0.15, -0.1) is 5.10 Å². The van der Waals surface area contributed by atoms with Gasteiger partial charge >= 0.3 is 0 Å². The molecule has 2 N–H and O–H groups in total. The van der Waals surface area contributed by atoms with Gasteiger partial charge in [-0.25, -0.2) is 12.8 Å². The lowest BCUT2D eigenvalue weighted by molar-refractivity contribution is -0.118. The molecule has 158 valence electrons. The molecule has 0 fully saturated rings. The number of hydrogen-bond acceptors (Lipinski definition) is 6. The summed E-state index contributed by atoms with van der Waals surface area (Å²) in [5.74, 6) is -1.29. The van der Waals surface area contributed by atoms with Gasteiger partial charge < -0.3 is 5.32 Å². The number of nitrogens with one attached hydrogen (secondary N) is 2. The van der Waals surface area contributed by atoms with Crippen molar-refractivity contribution in [3.05, 3.63) is 60.2 Å². The normalized spacial score (nSPS) is 12.7. The van der Waals surface area contributed by atoms with E-state index in [-0.39, 0.29) is 0 Å². The van der Waals surface area contributed by atoms with E-state index in [0.717, 1.165) is 12.1 Å². The van der Waals surface area contributed by atoms with Crippen molar-refractivity contribution >= 4 is 21.6 Å². The molecule has 0 aliphatic rings. The van der Waals surface area contributed by atoms with Crippen LogP contribution in [0.1, 0.15) is 19.7 Å². The predicted octanol–water partition coefficient (Wildman–Crippen LogP) is 2.05. The van der Waals surface area contributed by atoms with Crippen LogP contribution in [-0.4, -0.2) is 40.6 Å². The molecule has 3 aromatic rings. The third-order valence-corrected chi connectivity index (χ3v) is 5.82. The lowest BCUT2D eigenvalue weighted by atomic mass is 10.0. The Morgan fingerprint density at radius 1 is 1.13 bits per heavy atom. The molecule has 1 atom stereocenters. The van der Waals surface area contributed by atoms with Crippen LogP contribution < -0.4 is 10.0 Å². The van der Waals surface area contributed by atoms with Gasteiger partial charge in [-0.2, -0.15) is 9.40 Å². The molecular weight excluding hydrogens is 411 g/mol. The Hall–Kier alpha value is -3.18. The fourth-order valence-corrected chi connectivity index (χ4v) is 4.21. The van der Waals surface area contributed by atoms with Crippen molar-refractivity contribution in [1.29, 1.82) is 0 Å². The van der Waals surface area contributed by atoms with Gasteiger partial charge in [-0.05, 0) is 53.6 Å². The Balaban J connectivity index is 1.82. The summed E-state index contributed by atoms with van der Waals surface area (Å²) in [5.41, 5.74) is 1.06. The molecule has 0 spiro atoms. The molecule has 0 unspecified atom stereocenters. The van der Waals surface area contributed by atoms with E-state index < -0.39 is 38.6 Å². The molecule has 0 aliphatic heterocycles. The van der Waals surface area contributed by atoms with Crippen molar-refractivity contribution in [2.24, 2.45) is 5.92 Å². The first-order chi connectivity index (χ1) is 14.2. The second-order valence-corrected chi connectivity index (χ2v) is 8.63. The fraction of sp³-hybridized carbons (Fsp3) is 0.263. The third-order valence-electron chi connectivity index (χ3n) is 4.34. The highest BCUT2D eigenvalue weighted by atomic mass is 32.2. The number of hydrogen-bond donors (Lipinski definition) is 2.